The Kier molecular flexibility index (Phi) is 4.00. The minimum atomic E-state index is -0.852. The van der Waals surface area contributed by atoms with E-state index < -0.39 is 11.3 Å². The van der Waals surface area contributed by atoms with Crippen molar-refractivity contribution >= 4 is 56.1 Å². The molecule has 0 saturated carbocycles. The van der Waals surface area contributed by atoms with Crippen molar-refractivity contribution in [3.8, 4) is 17.1 Å². The Morgan fingerprint density at radius 1 is 0.767 bits per heavy atom. The van der Waals surface area contributed by atoms with Crippen molar-refractivity contribution in [1.29, 1.82) is 0 Å². The molecule has 8 heteroatoms. The van der Waals surface area contributed by atoms with Crippen molar-refractivity contribution in [3.63, 3.8) is 0 Å². The number of aromatic hydroxyl groups is 1. The number of furan rings is 1. The maximum atomic E-state index is 12.7. The number of halogens is 2. The molecule has 0 amide bonds. The Morgan fingerprint density at radius 2 is 1.33 bits per heavy atom. The minimum absolute atomic E-state index is 0.0308. The monoisotopic (exact) mass is 442 g/mol. The Bertz CT molecular complexity index is 1640. The van der Waals surface area contributed by atoms with Gasteiger partial charge in [-0.2, -0.15) is 0 Å². The van der Waals surface area contributed by atoms with Crippen LogP contribution >= 0.6 is 23.2 Å². The number of fused-ring (bicyclic) bond motifs is 4. The normalized spacial score (nSPS) is 11.7. The molecule has 6 nitrogen and oxygen atoms in total. The molecule has 1 N–H and O–H groups in total. The van der Waals surface area contributed by atoms with Gasteiger partial charge >= 0.3 is 11.3 Å². The summed E-state index contributed by atoms with van der Waals surface area (Å²) >= 11 is 12.3. The third kappa shape index (κ3) is 2.51. The van der Waals surface area contributed by atoms with E-state index in [1.54, 1.807) is 31.2 Å². The van der Waals surface area contributed by atoms with E-state index in [9.17, 15) is 14.7 Å². The molecule has 0 aliphatic heterocycles. The molecule has 30 heavy (non-hydrogen) atoms. The van der Waals surface area contributed by atoms with E-state index in [0.29, 0.717) is 10.9 Å². The zero-order chi connectivity index (χ0) is 21.3. The highest BCUT2D eigenvalue weighted by Gasteiger charge is 2.24. The molecule has 0 atom stereocenters. The fourth-order valence-corrected chi connectivity index (χ4v) is 4.06. The molecule has 5 aromatic rings. The van der Waals surface area contributed by atoms with Gasteiger partial charge in [-0.3, -0.25) is 0 Å². The van der Waals surface area contributed by atoms with Gasteiger partial charge in [0.2, 0.25) is 0 Å². The molecule has 3 aromatic heterocycles. The van der Waals surface area contributed by atoms with Gasteiger partial charge in [-0.15, -0.1) is 0 Å². The predicted octanol–water partition coefficient (Wildman–Crippen LogP) is 5.94. The third-order valence-corrected chi connectivity index (χ3v) is 5.72. The lowest BCUT2D eigenvalue weighted by atomic mass is 10.1. The summed E-state index contributed by atoms with van der Waals surface area (Å²) in [6.45, 7) is 3.56. The van der Waals surface area contributed by atoms with Crippen molar-refractivity contribution in [1.82, 2.24) is 0 Å². The Hall–Kier alpha value is -3.22. The van der Waals surface area contributed by atoms with E-state index in [-0.39, 0.29) is 54.6 Å². The smallest absolute Gasteiger partial charge is 0.351 e. The lowest BCUT2D eigenvalue weighted by Gasteiger charge is -2.08. The second-order valence-electron chi connectivity index (χ2n) is 6.99. The first kappa shape index (κ1) is 18.8. The lowest BCUT2D eigenvalue weighted by molar-refractivity contribution is 0.467. The van der Waals surface area contributed by atoms with Crippen molar-refractivity contribution in [2.24, 2.45) is 0 Å². The average Bonchev–Trinajstić information content (AvgIpc) is 3.13. The Balaban J connectivity index is 1.93. The number of aryl methyl sites for hydroxylation is 2. The zero-order valence-corrected chi connectivity index (χ0v) is 17.1. The molecule has 150 valence electrons. The second kappa shape index (κ2) is 6.39. The van der Waals surface area contributed by atoms with E-state index in [4.69, 9.17) is 36.5 Å². The number of benzene rings is 2. The summed E-state index contributed by atoms with van der Waals surface area (Å²) in [5.41, 5.74) is 0.147. The molecule has 0 aliphatic rings. The van der Waals surface area contributed by atoms with Gasteiger partial charge in [0.05, 0.1) is 20.8 Å². The molecule has 0 bridgehead atoms. The van der Waals surface area contributed by atoms with Gasteiger partial charge in [-0.05, 0) is 37.1 Å². The topological polar surface area (TPSA) is 93.8 Å². The molecule has 5 rings (SSSR count). The fourth-order valence-electron chi connectivity index (χ4n) is 3.67. The van der Waals surface area contributed by atoms with Crippen LogP contribution in [0.1, 0.15) is 11.1 Å². The molecular formula is C22H12Cl2O6. The average molecular weight is 443 g/mol. The summed E-state index contributed by atoms with van der Waals surface area (Å²) < 4.78 is 16.6. The summed E-state index contributed by atoms with van der Waals surface area (Å²) in [6, 6.07) is 8.00. The maximum Gasteiger partial charge on any atom is 0.351 e. The standard InChI is InChI=1S/C22H12Cl2O6/c1-8-3-5-11(23)19-14(8)17(25)16(22(27)30-19)13-7-10-18(28-13)15-9(2)4-6-12(24)20(15)29-21(10)26/h3-7,25H,1-2H3. The van der Waals surface area contributed by atoms with E-state index in [0.717, 1.165) is 5.56 Å². The van der Waals surface area contributed by atoms with Crippen LogP contribution in [0.2, 0.25) is 10.0 Å². The van der Waals surface area contributed by atoms with Gasteiger partial charge in [0, 0.05) is 6.07 Å². The second-order valence-corrected chi connectivity index (χ2v) is 7.81. The molecule has 0 spiro atoms. The van der Waals surface area contributed by atoms with Crippen molar-refractivity contribution in [2.45, 2.75) is 13.8 Å². The Labute approximate surface area is 177 Å². The number of rotatable bonds is 1. The summed E-state index contributed by atoms with van der Waals surface area (Å²) in [4.78, 5) is 25.2. The van der Waals surface area contributed by atoms with E-state index in [1.807, 2.05) is 6.92 Å². The van der Waals surface area contributed by atoms with Gasteiger partial charge in [0.1, 0.15) is 22.5 Å². The van der Waals surface area contributed by atoms with Crippen LogP contribution in [-0.2, 0) is 0 Å². The first-order valence-corrected chi connectivity index (χ1v) is 9.64. The first-order valence-electron chi connectivity index (χ1n) is 8.88. The lowest BCUT2D eigenvalue weighted by Crippen LogP contribution is -2.04. The van der Waals surface area contributed by atoms with Gasteiger partial charge in [-0.25, -0.2) is 9.59 Å². The van der Waals surface area contributed by atoms with E-state index >= 15 is 0 Å². The van der Waals surface area contributed by atoms with Crippen LogP contribution in [0, 0.1) is 13.8 Å². The van der Waals surface area contributed by atoms with Gasteiger partial charge in [0.25, 0.3) is 0 Å². The maximum absolute atomic E-state index is 12.7. The summed E-state index contributed by atoms with van der Waals surface area (Å²) in [5, 5.41) is 12.2. The highest BCUT2D eigenvalue weighted by atomic mass is 35.5. The molecular weight excluding hydrogens is 431 g/mol. The molecule has 0 radical (unpaired) electrons. The summed E-state index contributed by atoms with van der Waals surface area (Å²) in [5.74, 6) is -0.375. The first-order chi connectivity index (χ1) is 14.3. The van der Waals surface area contributed by atoms with Crippen LogP contribution in [0.25, 0.3) is 44.2 Å². The van der Waals surface area contributed by atoms with Crippen LogP contribution in [-0.4, -0.2) is 5.11 Å². The van der Waals surface area contributed by atoms with Gasteiger partial charge < -0.3 is 18.4 Å². The van der Waals surface area contributed by atoms with Crippen LogP contribution in [0.5, 0.6) is 5.75 Å². The van der Waals surface area contributed by atoms with Crippen molar-refractivity contribution in [3.05, 3.63) is 72.3 Å². The van der Waals surface area contributed by atoms with E-state index in [1.165, 1.54) is 6.07 Å². The highest BCUT2D eigenvalue weighted by molar-refractivity contribution is 6.36. The van der Waals surface area contributed by atoms with Gasteiger partial charge in [0.15, 0.2) is 16.7 Å². The Morgan fingerprint density at radius 3 is 2.00 bits per heavy atom. The molecule has 0 saturated heterocycles. The summed E-state index contributed by atoms with van der Waals surface area (Å²) in [7, 11) is 0. The summed E-state index contributed by atoms with van der Waals surface area (Å²) in [6.07, 6.45) is 0. The van der Waals surface area contributed by atoms with Gasteiger partial charge in [-0.1, -0.05) is 35.3 Å². The van der Waals surface area contributed by atoms with Crippen molar-refractivity contribution in [2.75, 3.05) is 0 Å². The minimum Gasteiger partial charge on any atom is -0.506 e. The largest absolute Gasteiger partial charge is 0.506 e. The van der Waals surface area contributed by atoms with Crippen LogP contribution < -0.4 is 11.3 Å². The molecule has 0 unspecified atom stereocenters. The quantitative estimate of drug-likeness (QED) is 0.322. The highest BCUT2D eigenvalue weighted by Crippen LogP contribution is 2.40. The number of hydrogen-bond donors (Lipinski definition) is 1. The molecule has 0 fully saturated rings. The van der Waals surface area contributed by atoms with Crippen LogP contribution in [0.4, 0.5) is 0 Å². The molecule has 3 heterocycles. The zero-order valence-electron chi connectivity index (χ0n) is 15.6. The molecule has 0 aliphatic carbocycles. The van der Waals surface area contributed by atoms with Crippen LogP contribution in [0.15, 0.2) is 53.2 Å². The third-order valence-electron chi connectivity index (χ3n) is 5.13. The predicted molar refractivity (Wildman–Crippen MR) is 115 cm³/mol. The SMILES string of the molecule is Cc1ccc(Cl)c2oc(=O)c(-c3cc4c(=O)oc5c(Cl)ccc(C)c5c4o3)c(O)c12. The van der Waals surface area contributed by atoms with E-state index in [2.05, 4.69) is 0 Å². The number of hydrogen-bond acceptors (Lipinski definition) is 6. The fraction of sp³-hybridized carbons (Fsp3) is 0.0909. The molecule has 2 aromatic carbocycles. The van der Waals surface area contributed by atoms with Crippen molar-refractivity contribution < 1.29 is 18.4 Å². The van der Waals surface area contributed by atoms with Crippen LogP contribution in [0.3, 0.4) is 0 Å².